The van der Waals surface area contributed by atoms with Crippen LogP contribution < -0.4 is 9.64 Å². The highest BCUT2D eigenvalue weighted by molar-refractivity contribution is 5.85. The van der Waals surface area contributed by atoms with Gasteiger partial charge in [0.15, 0.2) is 0 Å². The monoisotopic (exact) mass is 612 g/mol. The predicted octanol–water partition coefficient (Wildman–Crippen LogP) is 2.60. The quantitative estimate of drug-likeness (QED) is 0.409. The molecule has 0 spiro atoms. The molecule has 2 bridgehead atoms. The Morgan fingerprint density at radius 3 is 2.73 bits per heavy atom. The van der Waals surface area contributed by atoms with Crippen LogP contribution in [0.3, 0.4) is 0 Å². The molecular formula is C33H40N8O4. The number of nitrogens with zero attached hydrogens (tertiary/aromatic N) is 8. The van der Waals surface area contributed by atoms with Gasteiger partial charge < -0.3 is 29.3 Å². The number of nitriles is 1. The van der Waals surface area contributed by atoms with E-state index in [2.05, 4.69) is 21.0 Å². The lowest BCUT2D eigenvalue weighted by atomic mass is 9.87. The molecular weight excluding hydrogens is 572 g/mol. The molecule has 3 aromatic heterocycles. The van der Waals surface area contributed by atoms with Gasteiger partial charge in [0.2, 0.25) is 0 Å². The van der Waals surface area contributed by atoms with Gasteiger partial charge in [0, 0.05) is 69.1 Å². The predicted molar refractivity (Wildman–Crippen MR) is 166 cm³/mol. The maximum absolute atomic E-state index is 13.3. The van der Waals surface area contributed by atoms with Gasteiger partial charge in [-0.15, -0.1) is 0 Å². The van der Waals surface area contributed by atoms with E-state index < -0.39 is 5.60 Å². The van der Waals surface area contributed by atoms with Crippen LogP contribution in [0.15, 0.2) is 36.8 Å². The van der Waals surface area contributed by atoms with E-state index in [1.54, 1.807) is 10.7 Å². The van der Waals surface area contributed by atoms with E-state index >= 15 is 0 Å². The van der Waals surface area contributed by atoms with Gasteiger partial charge in [-0.2, -0.15) is 10.4 Å². The lowest BCUT2D eigenvalue weighted by molar-refractivity contribution is 0.0142. The highest BCUT2D eigenvalue weighted by Gasteiger charge is 2.58. The summed E-state index contributed by atoms with van der Waals surface area (Å²) in [5.74, 6) is 1.98. The highest BCUT2D eigenvalue weighted by atomic mass is 16.5. The Balaban J connectivity index is 0.941. The summed E-state index contributed by atoms with van der Waals surface area (Å²) >= 11 is 0. The molecule has 1 saturated carbocycles. The lowest BCUT2D eigenvalue weighted by Crippen LogP contribution is -2.70. The first kappa shape index (κ1) is 28.5. The van der Waals surface area contributed by atoms with Crippen LogP contribution in [0.1, 0.15) is 38.7 Å². The van der Waals surface area contributed by atoms with Crippen molar-refractivity contribution < 1.29 is 19.4 Å². The molecule has 12 nitrogen and oxygen atoms in total. The zero-order chi connectivity index (χ0) is 30.9. The molecule has 0 aromatic carbocycles. The van der Waals surface area contributed by atoms with Crippen LogP contribution in [0.5, 0.6) is 5.75 Å². The van der Waals surface area contributed by atoms with Gasteiger partial charge in [-0.1, -0.05) is 0 Å². The summed E-state index contributed by atoms with van der Waals surface area (Å²) in [4.78, 5) is 26.7. The molecule has 12 heteroatoms. The Morgan fingerprint density at radius 1 is 1.18 bits per heavy atom. The normalized spacial score (nSPS) is 28.8. The molecule has 9 rings (SSSR count). The van der Waals surface area contributed by atoms with E-state index in [1.165, 1.54) is 0 Å². The second kappa shape index (κ2) is 10.9. The molecule has 4 unspecified atom stereocenters. The van der Waals surface area contributed by atoms with Crippen LogP contribution in [0.4, 0.5) is 10.6 Å². The molecule has 45 heavy (non-hydrogen) atoms. The summed E-state index contributed by atoms with van der Waals surface area (Å²) in [5, 5.41) is 24.5. The molecule has 8 heterocycles. The van der Waals surface area contributed by atoms with Gasteiger partial charge in [0.05, 0.1) is 53.4 Å². The maximum Gasteiger partial charge on any atom is 0.320 e. The number of β-amino-alcohol motifs (C(OH)–C–C–N with tert-alkyl or cyclic N) is 1. The smallest absolute Gasteiger partial charge is 0.320 e. The summed E-state index contributed by atoms with van der Waals surface area (Å²) in [7, 11) is 0. The van der Waals surface area contributed by atoms with Crippen molar-refractivity contribution in [2.75, 3.05) is 57.3 Å². The van der Waals surface area contributed by atoms with E-state index in [1.807, 2.05) is 54.2 Å². The van der Waals surface area contributed by atoms with Crippen LogP contribution >= 0.6 is 0 Å². The fourth-order valence-electron chi connectivity index (χ4n) is 7.94. The third-order valence-electron chi connectivity index (χ3n) is 10.2. The first-order valence-electron chi connectivity index (χ1n) is 16.2. The number of urea groups is 1. The molecule has 5 atom stereocenters. The maximum atomic E-state index is 13.3. The molecule has 6 aliphatic rings. The van der Waals surface area contributed by atoms with E-state index in [4.69, 9.17) is 14.5 Å². The second-order valence-electron chi connectivity index (χ2n) is 13.7. The summed E-state index contributed by atoms with van der Waals surface area (Å²) in [5.41, 5.74) is 2.46. The molecule has 1 aliphatic carbocycles. The Kier molecular flexibility index (Phi) is 6.89. The number of piperazine rings is 1. The molecule has 5 aliphatic heterocycles. The van der Waals surface area contributed by atoms with Crippen LogP contribution in [-0.4, -0.2) is 123 Å². The number of rotatable bonds is 8. The number of carbonyl (C=O) groups is 1. The third-order valence-corrected chi connectivity index (χ3v) is 10.2. The summed E-state index contributed by atoms with van der Waals surface area (Å²) < 4.78 is 13.8. The number of piperidine rings is 2. The van der Waals surface area contributed by atoms with Gasteiger partial charge >= 0.3 is 6.03 Å². The fraction of sp³-hybridized carbons (Fsp3) is 0.576. The van der Waals surface area contributed by atoms with E-state index in [0.29, 0.717) is 50.0 Å². The van der Waals surface area contributed by atoms with Crippen molar-refractivity contribution in [3.8, 4) is 22.9 Å². The number of aliphatic hydroxyl groups is 1. The zero-order valence-electron chi connectivity index (χ0n) is 25.9. The number of ether oxygens (including phenoxy) is 2. The highest BCUT2D eigenvalue weighted by Crippen LogP contribution is 2.49. The number of anilines is 1. The number of pyridine rings is 2. The number of hydrogen-bond acceptors (Lipinski definition) is 9. The van der Waals surface area contributed by atoms with Gasteiger partial charge in [-0.05, 0) is 51.3 Å². The number of likely N-dealkylation sites (tertiary alicyclic amines) is 2. The standard InChI is InChI=1S/C33H40N8O4/c1-21(2)45-27-5-6-38(18-27)32(42)39-16-25-9-26(17-39)41(25)30-4-3-22(13-35-30)29-10-28(19-40-31(29)23(12-34)14-36-40)44-8-7-37-15-24-11-33(24,43)20-37/h3-4,10,13-14,19,21,24-27,43H,5-9,11,15-18,20H2,1-2H3/t24?,25?,26?,27-,33?/m1/s1. The SMILES string of the molecule is CC(C)O[C@@H]1CCN(C(=O)N2CC3CC(C2)N3c2ccc(-c3cc(OCCN4CC5CC5(O)C4)cn4ncc(C#N)c34)cn2)C1. The first-order chi connectivity index (χ1) is 21.8. The van der Waals surface area contributed by atoms with Crippen molar-refractivity contribution >= 4 is 17.4 Å². The van der Waals surface area contributed by atoms with Gasteiger partial charge in [-0.3, -0.25) is 4.90 Å². The second-order valence-corrected chi connectivity index (χ2v) is 13.7. The van der Waals surface area contributed by atoms with Crippen LogP contribution in [0.25, 0.3) is 16.6 Å². The van der Waals surface area contributed by atoms with Crippen LogP contribution in [0, 0.1) is 17.2 Å². The van der Waals surface area contributed by atoms with Crippen molar-refractivity contribution in [1.82, 2.24) is 29.3 Å². The minimum absolute atomic E-state index is 0.122. The number of aromatic nitrogens is 3. The molecule has 2 amide bonds. The number of hydrogen-bond donors (Lipinski definition) is 1. The van der Waals surface area contributed by atoms with E-state index in [-0.39, 0.29) is 30.3 Å². The Morgan fingerprint density at radius 2 is 2.02 bits per heavy atom. The largest absolute Gasteiger partial charge is 0.491 e. The Labute approximate surface area is 262 Å². The topological polar surface area (TPSA) is 123 Å². The molecule has 0 radical (unpaired) electrons. The van der Waals surface area contributed by atoms with Crippen LogP contribution in [-0.2, 0) is 4.74 Å². The average molecular weight is 613 g/mol. The lowest BCUT2D eigenvalue weighted by Gasteiger charge is -2.57. The molecule has 1 N–H and O–H groups in total. The van der Waals surface area contributed by atoms with Crippen molar-refractivity contribution in [2.45, 2.75) is 63.0 Å². The van der Waals surface area contributed by atoms with Gasteiger partial charge in [0.1, 0.15) is 24.2 Å². The molecule has 6 fully saturated rings. The van der Waals surface area contributed by atoms with Crippen molar-refractivity contribution in [3.63, 3.8) is 0 Å². The first-order valence-corrected chi connectivity index (χ1v) is 16.2. The summed E-state index contributed by atoms with van der Waals surface area (Å²) in [6.07, 6.45) is 8.42. The van der Waals surface area contributed by atoms with Gasteiger partial charge in [0.25, 0.3) is 0 Å². The number of fused-ring (bicyclic) bond motifs is 4. The van der Waals surface area contributed by atoms with Crippen molar-refractivity contribution in [1.29, 1.82) is 5.26 Å². The van der Waals surface area contributed by atoms with Crippen molar-refractivity contribution in [3.05, 3.63) is 42.4 Å². The van der Waals surface area contributed by atoms with Crippen LogP contribution in [0.2, 0.25) is 0 Å². The van der Waals surface area contributed by atoms with Crippen molar-refractivity contribution in [2.24, 2.45) is 5.92 Å². The minimum Gasteiger partial charge on any atom is -0.491 e. The average Bonchev–Trinajstić information content (AvgIpc) is 3.41. The minimum atomic E-state index is -0.472. The Hall–Kier alpha value is -3.92. The number of carbonyl (C=O) groups excluding carboxylic acids is 1. The molecule has 236 valence electrons. The van der Waals surface area contributed by atoms with E-state index in [0.717, 1.165) is 61.4 Å². The molecule has 5 saturated heterocycles. The fourth-order valence-corrected chi connectivity index (χ4v) is 7.94. The number of amides is 2. The molecule has 3 aromatic rings. The zero-order valence-corrected chi connectivity index (χ0v) is 25.9. The van der Waals surface area contributed by atoms with Gasteiger partial charge in [-0.25, -0.2) is 14.3 Å². The Bertz CT molecular complexity index is 1640. The third kappa shape index (κ3) is 5.16. The van der Waals surface area contributed by atoms with E-state index in [9.17, 15) is 15.2 Å². The summed E-state index contributed by atoms with van der Waals surface area (Å²) in [6, 6.07) is 8.93. The summed E-state index contributed by atoms with van der Waals surface area (Å²) in [6.45, 7) is 9.78.